The first-order chi connectivity index (χ1) is 16.8. The predicted octanol–water partition coefficient (Wildman–Crippen LogP) is 3.98. The molecule has 7 nitrogen and oxygen atoms in total. The highest BCUT2D eigenvalue weighted by Gasteiger charge is 2.71. The van der Waals surface area contributed by atoms with Crippen molar-refractivity contribution in [1.82, 2.24) is 5.32 Å². The summed E-state index contributed by atoms with van der Waals surface area (Å²) in [5.41, 5.74) is -1.01. The molecule has 0 saturated carbocycles. The number of nitrogens with one attached hydrogen (secondary N) is 1. The number of hydrogen-bond acceptors (Lipinski definition) is 6. The van der Waals surface area contributed by atoms with Gasteiger partial charge in [-0.2, -0.15) is 0 Å². The molecular formula is C28H21NO6. The Bertz CT molecular complexity index is 1620. The summed E-state index contributed by atoms with van der Waals surface area (Å²) < 4.78 is 11.4. The molecule has 2 unspecified atom stereocenters. The van der Waals surface area contributed by atoms with Crippen LogP contribution in [0.2, 0.25) is 0 Å². The number of ketones is 1. The first-order valence-corrected chi connectivity index (χ1v) is 11.3. The van der Waals surface area contributed by atoms with Gasteiger partial charge in [-0.1, -0.05) is 68.4 Å². The van der Waals surface area contributed by atoms with E-state index in [1.165, 1.54) is 6.07 Å². The number of ether oxygens (including phenoxy) is 1. The molecule has 2 heterocycles. The minimum atomic E-state index is -2.19. The normalized spacial score (nSPS) is 22.0. The number of rotatable bonds is 3. The third-order valence-corrected chi connectivity index (χ3v) is 6.91. The number of hydrogen-bond donors (Lipinski definition) is 2. The quantitative estimate of drug-likeness (QED) is 0.442. The lowest BCUT2D eigenvalue weighted by Crippen LogP contribution is -2.60. The fraction of sp³-hybridized carbons (Fsp3) is 0.179. The summed E-state index contributed by atoms with van der Waals surface area (Å²) in [6, 6.07) is 20.1. The van der Waals surface area contributed by atoms with Crippen molar-refractivity contribution < 1.29 is 23.8 Å². The van der Waals surface area contributed by atoms with E-state index >= 15 is 0 Å². The molecule has 1 amide bonds. The number of aliphatic hydroxyl groups is 1. The minimum Gasteiger partial charge on any atom is -0.454 e. The monoisotopic (exact) mass is 467 g/mol. The molecule has 2 N–H and O–H groups in total. The lowest BCUT2D eigenvalue weighted by molar-refractivity contribution is -0.169. The van der Waals surface area contributed by atoms with Gasteiger partial charge in [0.15, 0.2) is 0 Å². The van der Waals surface area contributed by atoms with Gasteiger partial charge in [0.05, 0.1) is 0 Å². The Hall–Kier alpha value is -4.23. The Labute approximate surface area is 200 Å². The first kappa shape index (κ1) is 21.3. The van der Waals surface area contributed by atoms with E-state index in [0.29, 0.717) is 22.3 Å². The first-order valence-electron chi connectivity index (χ1n) is 11.3. The van der Waals surface area contributed by atoms with E-state index in [4.69, 9.17) is 9.15 Å². The summed E-state index contributed by atoms with van der Waals surface area (Å²) >= 11 is 0. The fourth-order valence-electron chi connectivity index (χ4n) is 5.09. The van der Waals surface area contributed by atoms with E-state index in [2.05, 4.69) is 5.32 Å². The Balaban J connectivity index is 1.54. The molecule has 0 bridgehead atoms. The van der Waals surface area contributed by atoms with Gasteiger partial charge in [-0.15, -0.1) is 0 Å². The number of benzene rings is 3. The van der Waals surface area contributed by atoms with Gasteiger partial charge >= 0.3 is 5.63 Å². The predicted molar refractivity (Wildman–Crippen MR) is 127 cm³/mol. The molecule has 0 saturated heterocycles. The summed E-state index contributed by atoms with van der Waals surface area (Å²) in [5.74, 6) is -3.09. The van der Waals surface area contributed by atoms with Crippen molar-refractivity contribution in [3.05, 3.63) is 111 Å². The number of carbonyl (C=O) groups excluding carboxylic acids is 2. The molecule has 3 aromatic carbocycles. The van der Waals surface area contributed by atoms with Crippen molar-refractivity contribution in [2.75, 3.05) is 0 Å². The average Bonchev–Trinajstić information content (AvgIpc) is 3.20. The van der Waals surface area contributed by atoms with Crippen LogP contribution in [-0.2, 0) is 11.3 Å². The van der Waals surface area contributed by atoms with Gasteiger partial charge < -0.3 is 19.6 Å². The highest BCUT2D eigenvalue weighted by molar-refractivity contribution is 6.13. The van der Waals surface area contributed by atoms with Gasteiger partial charge in [-0.05, 0) is 29.7 Å². The zero-order valence-corrected chi connectivity index (χ0v) is 19.0. The molecule has 1 aliphatic heterocycles. The fourth-order valence-corrected chi connectivity index (χ4v) is 5.09. The number of fused-ring (bicyclic) bond motifs is 6. The van der Waals surface area contributed by atoms with Crippen LogP contribution in [0.15, 0.2) is 82.0 Å². The van der Waals surface area contributed by atoms with Gasteiger partial charge in [0, 0.05) is 22.1 Å². The summed E-state index contributed by atoms with van der Waals surface area (Å²) in [7, 11) is 0. The molecular weight excluding hydrogens is 446 g/mol. The minimum absolute atomic E-state index is 0.176. The van der Waals surface area contributed by atoms with Crippen LogP contribution in [0.1, 0.15) is 57.2 Å². The molecule has 6 rings (SSSR count). The van der Waals surface area contributed by atoms with Crippen LogP contribution in [0.4, 0.5) is 0 Å². The smallest absolute Gasteiger partial charge is 0.349 e. The highest BCUT2D eigenvalue weighted by Crippen LogP contribution is 2.58. The van der Waals surface area contributed by atoms with E-state index in [-0.39, 0.29) is 22.6 Å². The van der Waals surface area contributed by atoms with Crippen molar-refractivity contribution in [3.63, 3.8) is 0 Å². The van der Waals surface area contributed by atoms with E-state index in [1.54, 1.807) is 60.7 Å². The van der Waals surface area contributed by atoms with E-state index in [0.717, 1.165) is 5.56 Å². The maximum atomic E-state index is 13.9. The third kappa shape index (κ3) is 2.73. The maximum Gasteiger partial charge on any atom is 0.349 e. The van der Waals surface area contributed by atoms with Crippen molar-refractivity contribution in [1.29, 1.82) is 0 Å². The van der Waals surface area contributed by atoms with Gasteiger partial charge in [0.2, 0.25) is 11.3 Å². The lowest BCUT2D eigenvalue weighted by Gasteiger charge is -2.34. The van der Waals surface area contributed by atoms with Crippen LogP contribution in [0.5, 0.6) is 5.75 Å². The van der Waals surface area contributed by atoms with E-state index in [1.807, 2.05) is 19.9 Å². The Morgan fingerprint density at radius 1 is 0.943 bits per heavy atom. The second kappa shape index (κ2) is 7.13. The number of para-hydroxylation sites is 1. The molecule has 174 valence electrons. The molecule has 0 radical (unpaired) electrons. The van der Waals surface area contributed by atoms with Crippen molar-refractivity contribution in [2.45, 2.75) is 31.1 Å². The second-order valence-corrected chi connectivity index (χ2v) is 9.22. The van der Waals surface area contributed by atoms with Crippen LogP contribution in [0.3, 0.4) is 0 Å². The summed E-state index contributed by atoms with van der Waals surface area (Å²) in [5, 5.41) is 15.2. The van der Waals surface area contributed by atoms with E-state index in [9.17, 15) is 19.5 Å². The molecule has 2 aliphatic rings. The summed E-state index contributed by atoms with van der Waals surface area (Å²) in [6.45, 7) is 4.03. The van der Waals surface area contributed by atoms with Gasteiger partial charge in [-0.25, -0.2) is 4.79 Å². The van der Waals surface area contributed by atoms with Crippen LogP contribution < -0.4 is 15.7 Å². The zero-order chi connectivity index (χ0) is 24.5. The number of carbonyl (C=O) groups is 2. The Morgan fingerprint density at radius 3 is 2.49 bits per heavy atom. The van der Waals surface area contributed by atoms with Gasteiger partial charge in [-0.3, -0.25) is 9.59 Å². The maximum absolute atomic E-state index is 13.9. The molecule has 35 heavy (non-hydrogen) atoms. The molecule has 1 aromatic heterocycles. The number of amides is 1. The molecule has 4 aromatic rings. The van der Waals surface area contributed by atoms with Crippen molar-refractivity contribution in [3.8, 4) is 5.75 Å². The van der Waals surface area contributed by atoms with Crippen LogP contribution in [-0.4, -0.2) is 16.8 Å². The van der Waals surface area contributed by atoms with Gasteiger partial charge in [0.25, 0.3) is 11.7 Å². The SMILES string of the molecule is CC(C)c1ccc2c(c1)OC1(O)c3ccccc3C(=O)C21NC(=O)c1cc2ccccc2oc1=O. The Kier molecular flexibility index (Phi) is 4.34. The summed E-state index contributed by atoms with van der Waals surface area (Å²) in [6.07, 6.45) is 0. The average molecular weight is 467 g/mol. The Morgan fingerprint density at radius 2 is 1.69 bits per heavy atom. The van der Waals surface area contributed by atoms with Crippen molar-refractivity contribution in [2.24, 2.45) is 0 Å². The van der Waals surface area contributed by atoms with E-state index < -0.39 is 28.6 Å². The standard InChI is InChI=1S/C28H21NO6/c1-15(2)16-11-12-21-23(14-16)35-28(33)20-9-5-4-8-18(20)24(30)27(21,28)29-25(31)19-13-17-7-3-6-10-22(17)34-26(19)32/h3-15,33H,1-2H3,(H,29,31). The van der Waals surface area contributed by atoms with Crippen LogP contribution >= 0.6 is 0 Å². The zero-order valence-electron chi connectivity index (χ0n) is 19.0. The second-order valence-electron chi connectivity index (χ2n) is 9.22. The van der Waals surface area contributed by atoms with Crippen LogP contribution in [0, 0.1) is 0 Å². The highest BCUT2D eigenvalue weighted by atomic mass is 16.6. The molecule has 0 spiro atoms. The molecule has 0 fully saturated rings. The molecule has 1 aliphatic carbocycles. The molecule has 7 heteroatoms. The van der Waals surface area contributed by atoms with Crippen LogP contribution in [0.25, 0.3) is 11.0 Å². The largest absolute Gasteiger partial charge is 0.454 e. The molecule has 2 atom stereocenters. The van der Waals surface area contributed by atoms with Crippen molar-refractivity contribution >= 4 is 22.7 Å². The van der Waals surface area contributed by atoms with Gasteiger partial charge in [0.1, 0.15) is 16.9 Å². The summed E-state index contributed by atoms with van der Waals surface area (Å²) in [4.78, 5) is 40.1. The number of Topliss-reactive ketones (excluding diaryl/α,β-unsaturated/α-hetero) is 1. The lowest BCUT2D eigenvalue weighted by atomic mass is 9.82. The third-order valence-electron chi connectivity index (χ3n) is 6.91. The topological polar surface area (TPSA) is 106 Å².